The van der Waals surface area contributed by atoms with Crippen molar-refractivity contribution in [2.24, 2.45) is 0 Å². The number of carbonyl (C=O) groups excluding carboxylic acids is 1. The molecule has 1 atom stereocenters. The molecule has 2 aromatic rings. The second-order valence-corrected chi connectivity index (χ2v) is 10.6. The maximum absolute atomic E-state index is 12.6. The molecule has 0 heterocycles. The zero-order chi connectivity index (χ0) is 22.0. The van der Waals surface area contributed by atoms with E-state index < -0.39 is 10.0 Å². The van der Waals surface area contributed by atoms with Crippen LogP contribution in [0, 0.1) is 13.8 Å². The van der Waals surface area contributed by atoms with E-state index in [1.54, 1.807) is 12.1 Å². The first-order chi connectivity index (χ1) is 13.3. The Morgan fingerprint density at radius 1 is 1.03 bits per heavy atom. The van der Waals surface area contributed by atoms with Crippen LogP contribution in [-0.2, 0) is 20.2 Å². The van der Waals surface area contributed by atoms with Gasteiger partial charge in [-0.25, -0.2) is 8.42 Å². The molecule has 1 N–H and O–H groups in total. The third kappa shape index (κ3) is 6.07. The summed E-state index contributed by atoms with van der Waals surface area (Å²) in [4.78, 5) is 12.6. The summed E-state index contributed by atoms with van der Waals surface area (Å²) < 4.78 is 25.7. The van der Waals surface area contributed by atoms with E-state index in [1.807, 2.05) is 39.0 Å². The zero-order valence-electron chi connectivity index (χ0n) is 18.4. The Balaban J connectivity index is 2.14. The molecular formula is C23H32N2O3S. The van der Waals surface area contributed by atoms with Crippen LogP contribution in [0.15, 0.2) is 42.5 Å². The molecule has 0 fully saturated rings. The van der Waals surface area contributed by atoms with Crippen molar-refractivity contribution >= 4 is 21.6 Å². The van der Waals surface area contributed by atoms with Crippen LogP contribution >= 0.6 is 0 Å². The lowest BCUT2D eigenvalue weighted by atomic mass is 9.86. The van der Waals surface area contributed by atoms with Gasteiger partial charge < -0.3 is 5.32 Å². The van der Waals surface area contributed by atoms with Crippen molar-refractivity contribution in [2.75, 3.05) is 17.1 Å². The molecule has 6 heteroatoms. The second-order valence-electron chi connectivity index (χ2n) is 8.70. The van der Waals surface area contributed by atoms with Gasteiger partial charge in [0.1, 0.15) is 6.54 Å². The molecule has 5 nitrogen and oxygen atoms in total. The molecule has 2 aromatic carbocycles. The average Bonchev–Trinajstić information content (AvgIpc) is 2.60. The van der Waals surface area contributed by atoms with Crippen molar-refractivity contribution in [3.8, 4) is 0 Å². The lowest BCUT2D eigenvalue weighted by molar-refractivity contribution is -0.120. The normalized spacial score (nSPS) is 13.1. The van der Waals surface area contributed by atoms with Crippen LogP contribution in [0.3, 0.4) is 0 Å². The Morgan fingerprint density at radius 2 is 1.62 bits per heavy atom. The van der Waals surface area contributed by atoms with Crippen LogP contribution < -0.4 is 9.62 Å². The number of benzene rings is 2. The van der Waals surface area contributed by atoms with E-state index in [9.17, 15) is 13.2 Å². The van der Waals surface area contributed by atoms with Gasteiger partial charge in [0.15, 0.2) is 0 Å². The first kappa shape index (κ1) is 22.9. The number of carbonyl (C=O) groups is 1. The Bertz CT molecular complexity index is 974. The van der Waals surface area contributed by atoms with Gasteiger partial charge >= 0.3 is 0 Å². The minimum absolute atomic E-state index is 0.0627. The van der Waals surface area contributed by atoms with Gasteiger partial charge in [-0.05, 0) is 60.6 Å². The van der Waals surface area contributed by atoms with Gasteiger partial charge in [-0.3, -0.25) is 9.10 Å². The summed E-state index contributed by atoms with van der Waals surface area (Å²) in [5.41, 5.74) is 4.80. The number of sulfonamides is 1. The molecule has 0 aliphatic rings. The smallest absolute Gasteiger partial charge is 0.241 e. The summed E-state index contributed by atoms with van der Waals surface area (Å²) >= 11 is 0. The number of hydrogen-bond acceptors (Lipinski definition) is 3. The van der Waals surface area contributed by atoms with Crippen LogP contribution in [0.2, 0.25) is 0 Å². The standard InChI is InChI=1S/C23H32N2O3S/c1-16-8-13-21(14-17(16)2)25(29(7,27)28)15-22(26)24-18(3)19-9-11-20(12-10-19)23(4,5)6/h8-14,18H,15H2,1-7H3,(H,24,26)/t18-/m0/s1. The SMILES string of the molecule is Cc1ccc(N(CC(=O)N[C@@H](C)c2ccc(C(C)(C)C)cc2)S(C)(=O)=O)cc1C. The molecule has 1 amide bonds. The van der Waals surface area contributed by atoms with Crippen LogP contribution in [0.1, 0.15) is 56.0 Å². The molecule has 0 aliphatic heterocycles. The minimum atomic E-state index is -3.59. The second kappa shape index (κ2) is 8.57. The summed E-state index contributed by atoms with van der Waals surface area (Å²) in [6, 6.07) is 13.3. The van der Waals surface area contributed by atoms with E-state index >= 15 is 0 Å². The Kier molecular flexibility index (Phi) is 6.78. The van der Waals surface area contributed by atoms with Gasteiger partial charge in [0.2, 0.25) is 15.9 Å². The van der Waals surface area contributed by atoms with Crippen molar-refractivity contribution in [1.82, 2.24) is 5.32 Å². The largest absolute Gasteiger partial charge is 0.348 e. The van der Waals surface area contributed by atoms with Crippen LogP contribution in [0.5, 0.6) is 0 Å². The number of amides is 1. The Morgan fingerprint density at radius 3 is 2.10 bits per heavy atom. The average molecular weight is 417 g/mol. The molecular weight excluding hydrogens is 384 g/mol. The molecule has 158 valence electrons. The molecule has 0 spiro atoms. The van der Waals surface area contributed by atoms with E-state index in [-0.39, 0.29) is 23.9 Å². The van der Waals surface area contributed by atoms with Crippen LogP contribution in [0.4, 0.5) is 5.69 Å². The highest BCUT2D eigenvalue weighted by Crippen LogP contribution is 2.24. The van der Waals surface area contributed by atoms with E-state index in [0.717, 1.165) is 27.3 Å². The first-order valence-corrected chi connectivity index (χ1v) is 11.6. The predicted molar refractivity (Wildman–Crippen MR) is 120 cm³/mol. The maximum atomic E-state index is 12.6. The summed E-state index contributed by atoms with van der Waals surface area (Å²) in [5, 5.41) is 2.91. The maximum Gasteiger partial charge on any atom is 0.241 e. The zero-order valence-corrected chi connectivity index (χ0v) is 19.2. The van der Waals surface area contributed by atoms with E-state index in [1.165, 1.54) is 5.56 Å². The fraction of sp³-hybridized carbons (Fsp3) is 0.435. The third-order valence-electron chi connectivity index (χ3n) is 5.12. The monoisotopic (exact) mass is 416 g/mol. The number of anilines is 1. The fourth-order valence-corrected chi connectivity index (χ4v) is 3.90. The quantitative estimate of drug-likeness (QED) is 0.766. The van der Waals surface area contributed by atoms with Crippen molar-refractivity contribution in [3.63, 3.8) is 0 Å². The van der Waals surface area contributed by atoms with Crippen molar-refractivity contribution in [2.45, 2.75) is 53.0 Å². The van der Waals surface area contributed by atoms with Gasteiger partial charge in [-0.1, -0.05) is 51.1 Å². The molecule has 0 saturated heterocycles. The highest BCUT2D eigenvalue weighted by Gasteiger charge is 2.22. The summed E-state index contributed by atoms with van der Waals surface area (Å²) in [6.45, 7) is 12.0. The van der Waals surface area contributed by atoms with Crippen molar-refractivity contribution in [1.29, 1.82) is 0 Å². The molecule has 0 saturated carbocycles. The highest BCUT2D eigenvalue weighted by atomic mass is 32.2. The van der Waals surface area contributed by atoms with Gasteiger partial charge in [0.05, 0.1) is 18.0 Å². The Hall–Kier alpha value is -2.34. The van der Waals surface area contributed by atoms with Gasteiger partial charge in [0, 0.05) is 0 Å². The highest BCUT2D eigenvalue weighted by molar-refractivity contribution is 7.92. The van der Waals surface area contributed by atoms with Crippen LogP contribution in [0.25, 0.3) is 0 Å². The molecule has 2 rings (SSSR count). The lowest BCUT2D eigenvalue weighted by Gasteiger charge is -2.24. The van der Waals surface area contributed by atoms with Gasteiger partial charge in [-0.2, -0.15) is 0 Å². The molecule has 29 heavy (non-hydrogen) atoms. The van der Waals surface area contributed by atoms with Crippen molar-refractivity contribution in [3.05, 3.63) is 64.7 Å². The molecule has 0 radical (unpaired) electrons. The van der Waals surface area contributed by atoms with E-state index in [4.69, 9.17) is 0 Å². The molecule has 0 unspecified atom stereocenters. The van der Waals surface area contributed by atoms with Gasteiger partial charge in [0.25, 0.3) is 0 Å². The summed E-state index contributed by atoms with van der Waals surface area (Å²) in [5.74, 6) is -0.346. The van der Waals surface area contributed by atoms with E-state index in [2.05, 4.69) is 38.2 Å². The number of rotatable bonds is 6. The summed E-state index contributed by atoms with van der Waals surface area (Å²) in [6.07, 6.45) is 1.12. The fourth-order valence-electron chi connectivity index (χ4n) is 3.05. The number of aryl methyl sites for hydroxylation is 2. The molecule has 0 aliphatic carbocycles. The molecule has 0 aromatic heterocycles. The minimum Gasteiger partial charge on any atom is -0.348 e. The summed E-state index contributed by atoms with van der Waals surface area (Å²) in [7, 11) is -3.59. The van der Waals surface area contributed by atoms with Crippen molar-refractivity contribution < 1.29 is 13.2 Å². The number of nitrogens with zero attached hydrogens (tertiary/aromatic N) is 1. The third-order valence-corrected chi connectivity index (χ3v) is 6.26. The topological polar surface area (TPSA) is 66.5 Å². The van der Waals surface area contributed by atoms with Gasteiger partial charge in [-0.15, -0.1) is 0 Å². The lowest BCUT2D eigenvalue weighted by Crippen LogP contribution is -2.41. The Labute approximate surface area is 175 Å². The van der Waals surface area contributed by atoms with Crippen LogP contribution in [-0.4, -0.2) is 27.1 Å². The molecule has 0 bridgehead atoms. The van der Waals surface area contributed by atoms with E-state index in [0.29, 0.717) is 5.69 Å². The first-order valence-electron chi connectivity index (χ1n) is 9.74. The predicted octanol–water partition coefficient (Wildman–Crippen LogP) is 4.24. The number of nitrogens with one attached hydrogen (secondary N) is 1. The number of hydrogen-bond donors (Lipinski definition) is 1.